The predicted octanol–water partition coefficient (Wildman–Crippen LogP) is 2.33. The summed E-state index contributed by atoms with van der Waals surface area (Å²) in [6, 6.07) is 8.31. The Morgan fingerprint density at radius 2 is 2.18 bits per heavy atom. The minimum Gasteiger partial charge on any atom is -0.361 e. The summed E-state index contributed by atoms with van der Waals surface area (Å²) in [5.74, 6) is 0.371. The second-order valence-corrected chi connectivity index (χ2v) is 4.71. The fourth-order valence-electron chi connectivity index (χ4n) is 2.55. The number of rotatable bonds is 2. The highest BCUT2D eigenvalue weighted by Gasteiger charge is 2.17. The largest absolute Gasteiger partial charge is 0.361 e. The molecular weight excluding hydrogens is 212 g/mol. The summed E-state index contributed by atoms with van der Waals surface area (Å²) in [6.07, 6.45) is 3.81. The van der Waals surface area contributed by atoms with Crippen LogP contribution in [-0.2, 0) is 11.3 Å². The molecule has 1 aromatic carbocycles. The van der Waals surface area contributed by atoms with Crippen molar-refractivity contribution in [2.45, 2.75) is 19.4 Å². The van der Waals surface area contributed by atoms with Crippen molar-refractivity contribution in [1.82, 2.24) is 9.88 Å². The van der Waals surface area contributed by atoms with Crippen molar-refractivity contribution >= 4 is 16.7 Å². The topological polar surface area (TPSA) is 36.1 Å². The summed E-state index contributed by atoms with van der Waals surface area (Å²) in [5.41, 5.74) is 2.46. The van der Waals surface area contributed by atoms with E-state index in [4.69, 9.17) is 0 Å². The lowest BCUT2D eigenvalue weighted by molar-refractivity contribution is -0.122. The van der Waals surface area contributed by atoms with E-state index >= 15 is 0 Å². The Morgan fingerprint density at radius 3 is 3.06 bits per heavy atom. The number of para-hydroxylation sites is 1. The molecule has 88 valence electrons. The summed E-state index contributed by atoms with van der Waals surface area (Å²) in [7, 11) is 0. The van der Waals surface area contributed by atoms with Crippen LogP contribution in [0.25, 0.3) is 10.9 Å². The maximum absolute atomic E-state index is 11.4. The molecule has 0 spiro atoms. The van der Waals surface area contributed by atoms with Gasteiger partial charge in [-0.1, -0.05) is 18.2 Å². The number of hydrogen-bond acceptors (Lipinski definition) is 2. The van der Waals surface area contributed by atoms with Crippen molar-refractivity contribution in [2.24, 2.45) is 0 Å². The van der Waals surface area contributed by atoms with Crippen LogP contribution in [0.2, 0.25) is 0 Å². The molecule has 1 aromatic heterocycles. The van der Waals surface area contributed by atoms with Gasteiger partial charge in [-0.3, -0.25) is 9.69 Å². The van der Waals surface area contributed by atoms with Crippen molar-refractivity contribution in [1.29, 1.82) is 0 Å². The van der Waals surface area contributed by atoms with Gasteiger partial charge in [-0.15, -0.1) is 0 Å². The lowest BCUT2D eigenvalue weighted by Gasteiger charge is -2.25. The number of carbonyl (C=O) groups excluding carboxylic acids is 1. The fourth-order valence-corrected chi connectivity index (χ4v) is 2.55. The highest BCUT2D eigenvalue weighted by atomic mass is 16.1. The van der Waals surface area contributed by atoms with Crippen LogP contribution in [0.5, 0.6) is 0 Å². The maximum Gasteiger partial charge on any atom is 0.146 e. The van der Waals surface area contributed by atoms with E-state index in [0.717, 1.165) is 25.9 Å². The second-order valence-electron chi connectivity index (χ2n) is 4.71. The van der Waals surface area contributed by atoms with Gasteiger partial charge >= 0.3 is 0 Å². The molecule has 0 atom stereocenters. The van der Waals surface area contributed by atoms with Crippen LogP contribution in [0, 0.1) is 0 Å². The first-order chi connectivity index (χ1) is 8.33. The molecule has 0 radical (unpaired) electrons. The number of aromatic amines is 1. The molecule has 1 N–H and O–H groups in total. The Kier molecular flexibility index (Phi) is 2.69. The van der Waals surface area contributed by atoms with Crippen LogP contribution in [0.1, 0.15) is 18.4 Å². The van der Waals surface area contributed by atoms with Crippen molar-refractivity contribution < 1.29 is 4.79 Å². The molecule has 0 saturated carbocycles. The molecule has 0 aliphatic carbocycles. The number of piperidine rings is 1. The molecule has 1 fully saturated rings. The Morgan fingerprint density at radius 1 is 1.29 bits per heavy atom. The number of nitrogens with zero attached hydrogens (tertiary/aromatic N) is 1. The van der Waals surface area contributed by atoms with Crippen LogP contribution in [0.3, 0.4) is 0 Å². The zero-order valence-electron chi connectivity index (χ0n) is 9.78. The zero-order valence-corrected chi connectivity index (χ0v) is 9.78. The first-order valence-electron chi connectivity index (χ1n) is 6.12. The quantitative estimate of drug-likeness (QED) is 0.856. The standard InChI is InChI=1S/C14H16N2O/c17-12-4-3-7-16(10-12)9-11-8-15-14-6-2-1-5-13(11)14/h1-2,5-6,8,15H,3-4,7,9-10H2. The summed E-state index contributed by atoms with van der Waals surface area (Å²) < 4.78 is 0. The normalized spacial score (nSPS) is 17.8. The molecule has 1 aliphatic heterocycles. The molecule has 17 heavy (non-hydrogen) atoms. The van der Waals surface area contributed by atoms with E-state index in [9.17, 15) is 4.79 Å². The van der Waals surface area contributed by atoms with E-state index < -0.39 is 0 Å². The number of fused-ring (bicyclic) bond motifs is 1. The molecule has 3 heteroatoms. The lowest BCUT2D eigenvalue weighted by atomic mass is 10.1. The third-order valence-electron chi connectivity index (χ3n) is 3.40. The molecule has 1 saturated heterocycles. The number of aromatic nitrogens is 1. The van der Waals surface area contributed by atoms with Gasteiger partial charge in [0.05, 0.1) is 6.54 Å². The number of nitrogens with one attached hydrogen (secondary N) is 1. The Bertz CT molecular complexity index is 544. The van der Waals surface area contributed by atoms with E-state index in [1.165, 1.54) is 16.5 Å². The van der Waals surface area contributed by atoms with Crippen molar-refractivity contribution in [3.8, 4) is 0 Å². The van der Waals surface area contributed by atoms with Gasteiger partial charge in [0, 0.05) is 30.1 Å². The molecule has 0 unspecified atom stereocenters. The SMILES string of the molecule is O=C1CCCN(Cc2c[nH]c3ccccc23)C1. The van der Waals surface area contributed by atoms with Gasteiger partial charge in [0.2, 0.25) is 0 Å². The minimum atomic E-state index is 0.371. The molecule has 0 amide bonds. The molecule has 2 heterocycles. The summed E-state index contributed by atoms with van der Waals surface area (Å²) in [4.78, 5) is 16.9. The summed E-state index contributed by atoms with van der Waals surface area (Å²) >= 11 is 0. The number of benzene rings is 1. The average Bonchev–Trinajstić information content (AvgIpc) is 2.73. The van der Waals surface area contributed by atoms with Gasteiger partial charge in [0.1, 0.15) is 5.78 Å². The van der Waals surface area contributed by atoms with Gasteiger partial charge in [-0.25, -0.2) is 0 Å². The zero-order chi connectivity index (χ0) is 11.7. The number of H-pyrrole nitrogens is 1. The van der Waals surface area contributed by atoms with Crippen LogP contribution >= 0.6 is 0 Å². The average molecular weight is 228 g/mol. The third-order valence-corrected chi connectivity index (χ3v) is 3.40. The van der Waals surface area contributed by atoms with E-state index in [0.29, 0.717) is 12.3 Å². The molecule has 0 bridgehead atoms. The first-order valence-corrected chi connectivity index (χ1v) is 6.12. The monoisotopic (exact) mass is 228 g/mol. The van der Waals surface area contributed by atoms with Gasteiger partial charge in [-0.05, 0) is 24.6 Å². The second kappa shape index (κ2) is 4.34. The number of carbonyl (C=O) groups is 1. The Labute approximate surface area is 100 Å². The van der Waals surface area contributed by atoms with Crippen LogP contribution in [-0.4, -0.2) is 28.8 Å². The van der Waals surface area contributed by atoms with Gasteiger partial charge in [0.15, 0.2) is 0 Å². The highest BCUT2D eigenvalue weighted by Crippen LogP contribution is 2.20. The molecule has 3 nitrogen and oxygen atoms in total. The van der Waals surface area contributed by atoms with Crippen LogP contribution in [0.15, 0.2) is 30.5 Å². The molecule has 2 aromatic rings. The number of ketones is 1. The number of hydrogen-bond donors (Lipinski definition) is 1. The predicted molar refractivity (Wildman–Crippen MR) is 67.8 cm³/mol. The minimum absolute atomic E-state index is 0.371. The molecular formula is C14H16N2O. The van der Waals surface area contributed by atoms with E-state index in [1.54, 1.807) is 0 Å². The maximum atomic E-state index is 11.4. The van der Waals surface area contributed by atoms with E-state index in [2.05, 4.69) is 34.3 Å². The smallest absolute Gasteiger partial charge is 0.146 e. The molecule has 1 aliphatic rings. The number of Topliss-reactive ketones (excluding diaryl/α,β-unsaturated/α-hetero) is 1. The number of likely N-dealkylation sites (tertiary alicyclic amines) is 1. The van der Waals surface area contributed by atoms with Gasteiger partial charge in [-0.2, -0.15) is 0 Å². The highest BCUT2D eigenvalue weighted by molar-refractivity contribution is 5.83. The molecule has 3 rings (SSSR count). The fraction of sp³-hybridized carbons (Fsp3) is 0.357. The first kappa shape index (κ1) is 10.5. The van der Waals surface area contributed by atoms with Crippen molar-refractivity contribution in [3.05, 3.63) is 36.0 Å². The van der Waals surface area contributed by atoms with Gasteiger partial charge in [0.25, 0.3) is 0 Å². The van der Waals surface area contributed by atoms with E-state index in [-0.39, 0.29) is 0 Å². The summed E-state index contributed by atoms with van der Waals surface area (Å²) in [6.45, 7) is 2.51. The van der Waals surface area contributed by atoms with Gasteiger partial charge < -0.3 is 4.98 Å². The van der Waals surface area contributed by atoms with Crippen LogP contribution < -0.4 is 0 Å². The van der Waals surface area contributed by atoms with Crippen LogP contribution in [0.4, 0.5) is 0 Å². The van der Waals surface area contributed by atoms with Crippen molar-refractivity contribution in [3.63, 3.8) is 0 Å². The summed E-state index contributed by atoms with van der Waals surface area (Å²) in [5, 5.41) is 1.27. The third kappa shape index (κ3) is 2.11. The Hall–Kier alpha value is -1.61. The van der Waals surface area contributed by atoms with E-state index in [1.807, 2.05) is 6.07 Å². The lowest BCUT2D eigenvalue weighted by Crippen LogP contribution is -2.34. The Balaban J connectivity index is 1.82. The van der Waals surface area contributed by atoms with Crippen molar-refractivity contribution in [2.75, 3.05) is 13.1 Å².